The topological polar surface area (TPSA) is 40.5 Å². The first-order valence-electron chi connectivity index (χ1n) is 8.09. The van der Waals surface area contributed by atoms with Gasteiger partial charge in [-0.15, -0.1) is 0 Å². The van der Waals surface area contributed by atoms with Crippen molar-refractivity contribution in [1.29, 1.82) is 0 Å². The Hall–Kier alpha value is -2.13. The van der Waals surface area contributed by atoms with E-state index in [0.29, 0.717) is 12.1 Å². The van der Waals surface area contributed by atoms with Crippen molar-refractivity contribution in [2.45, 2.75) is 33.8 Å². The Labute approximate surface area is 139 Å². The molecule has 0 heterocycles. The van der Waals surface area contributed by atoms with Crippen molar-refractivity contribution in [2.24, 2.45) is 0 Å². The van der Waals surface area contributed by atoms with E-state index in [1.54, 1.807) is 29.2 Å². The molecule has 1 amide bonds. The Morgan fingerprint density at radius 2 is 1.83 bits per heavy atom. The van der Waals surface area contributed by atoms with Crippen LogP contribution in [0.25, 0.3) is 0 Å². The molecule has 3 nitrogen and oxygen atoms in total. The Kier molecular flexibility index (Phi) is 8.06. The molecule has 3 heteroatoms. The van der Waals surface area contributed by atoms with Gasteiger partial charge in [0.1, 0.15) is 0 Å². The smallest absolute Gasteiger partial charge is 0.253 e. The average Bonchev–Trinajstić information content (AvgIpc) is 2.80. The molecular formula is C20H27NO2. The van der Waals surface area contributed by atoms with Gasteiger partial charge in [-0.05, 0) is 42.2 Å². The van der Waals surface area contributed by atoms with E-state index in [2.05, 4.69) is 19.1 Å². The van der Waals surface area contributed by atoms with E-state index in [4.69, 9.17) is 5.11 Å². The molecule has 0 bridgehead atoms. The second kappa shape index (κ2) is 9.80. The predicted molar refractivity (Wildman–Crippen MR) is 96.3 cm³/mol. The van der Waals surface area contributed by atoms with E-state index < -0.39 is 0 Å². The van der Waals surface area contributed by atoms with Crippen molar-refractivity contribution in [1.82, 2.24) is 4.90 Å². The summed E-state index contributed by atoms with van der Waals surface area (Å²) < 4.78 is 0. The lowest BCUT2D eigenvalue weighted by atomic mass is 10.1. The van der Waals surface area contributed by atoms with Gasteiger partial charge >= 0.3 is 0 Å². The van der Waals surface area contributed by atoms with Crippen molar-refractivity contribution < 1.29 is 9.90 Å². The molecule has 1 N–H and O–H groups in total. The van der Waals surface area contributed by atoms with Gasteiger partial charge < -0.3 is 10.0 Å². The van der Waals surface area contributed by atoms with Crippen LogP contribution in [0.15, 0.2) is 59.7 Å². The van der Waals surface area contributed by atoms with E-state index in [0.717, 1.165) is 12.0 Å². The monoisotopic (exact) mass is 313 g/mol. The van der Waals surface area contributed by atoms with Crippen molar-refractivity contribution in [3.63, 3.8) is 0 Å². The van der Waals surface area contributed by atoms with E-state index in [-0.39, 0.29) is 12.5 Å². The zero-order valence-corrected chi connectivity index (χ0v) is 14.5. The van der Waals surface area contributed by atoms with Crippen molar-refractivity contribution in [3.05, 3.63) is 70.8 Å². The highest BCUT2D eigenvalue weighted by Gasteiger charge is 2.14. The standard InChI is InChI=1S/C18H21NO2.C2H6/c1-14-6-4-3-5-7-17(14)12-19(2)18(21)16-10-8-15(13-20)9-11-16;1-2/h3-6,8-11,20H,7,12-13H2,1-2H3;1-2H3. The van der Waals surface area contributed by atoms with Gasteiger partial charge in [-0.2, -0.15) is 0 Å². The quantitative estimate of drug-likeness (QED) is 0.908. The molecule has 0 radical (unpaired) electrons. The molecule has 0 atom stereocenters. The van der Waals surface area contributed by atoms with Gasteiger partial charge in [-0.3, -0.25) is 4.79 Å². The summed E-state index contributed by atoms with van der Waals surface area (Å²) in [7, 11) is 1.82. The zero-order valence-electron chi connectivity index (χ0n) is 14.5. The molecule has 0 unspecified atom stereocenters. The summed E-state index contributed by atoms with van der Waals surface area (Å²) in [5.41, 5.74) is 3.93. The summed E-state index contributed by atoms with van der Waals surface area (Å²) in [6.07, 6.45) is 9.12. The summed E-state index contributed by atoms with van der Waals surface area (Å²) in [6.45, 7) is 6.70. The molecule has 1 aromatic rings. The van der Waals surface area contributed by atoms with Crippen LogP contribution in [0.4, 0.5) is 0 Å². The second-order valence-electron chi connectivity index (χ2n) is 5.29. The SMILES string of the molecule is CC.CC1=C(CN(C)C(=O)c2ccc(CO)cc2)CC=CC=C1. The van der Waals surface area contributed by atoms with Gasteiger partial charge in [-0.25, -0.2) is 0 Å². The Morgan fingerprint density at radius 3 is 2.43 bits per heavy atom. The molecule has 1 aliphatic carbocycles. The second-order valence-corrected chi connectivity index (χ2v) is 5.29. The molecule has 124 valence electrons. The predicted octanol–water partition coefficient (Wildman–Crippen LogP) is 4.11. The van der Waals surface area contributed by atoms with E-state index >= 15 is 0 Å². The Morgan fingerprint density at radius 1 is 1.17 bits per heavy atom. The number of allylic oxidation sites excluding steroid dienone is 5. The number of carbonyl (C=O) groups is 1. The molecule has 0 aromatic heterocycles. The maximum absolute atomic E-state index is 12.4. The van der Waals surface area contributed by atoms with Gasteiger partial charge in [0.05, 0.1) is 6.61 Å². The lowest BCUT2D eigenvalue weighted by Crippen LogP contribution is -2.29. The Bertz CT molecular complexity index is 595. The largest absolute Gasteiger partial charge is 0.392 e. The number of benzene rings is 1. The summed E-state index contributed by atoms with van der Waals surface area (Å²) in [5.74, 6) is -0.00278. The van der Waals surface area contributed by atoms with Crippen LogP contribution < -0.4 is 0 Å². The molecule has 0 fully saturated rings. The van der Waals surface area contributed by atoms with Crippen LogP contribution in [0.3, 0.4) is 0 Å². The van der Waals surface area contributed by atoms with E-state index in [1.807, 2.05) is 33.0 Å². The Balaban J connectivity index is 0.00000127. The molecule has 0 spiro atoms. The van der Waals surface area contributed by atoms with Crippen LogP contribution in [0.1, 0.15) is 43.1 Å². The first-order valence-corrected chi connectivity index (χ1v) is 8.09. The number of hydrogen-bond donors (Lipinski definition) is 1. The lowest BCUT2D eigenvalue weighted by molar-refractivity contribution is 0.0806. The molecule has 1 aromatic carbocycles. The number of aliphatic hydroxyl groups is 1. The van der Waals surface area contributed by atoms with E-state index in [9.17, 15) is 4.79 Å². The van der Waals surface area contributed by atoms with Crippen molar-refractivity contribution in [3.8, 4) is 0 Å². The summed E-state index contributed by atoms with van der Waals surface area (Å²) in [5, 5.41) is 9.03. The van der Waals surface area contributed by atoms with Gasteiger partial charge in [0.15, 0.2) is 0 Å². The number of likely N-dealkylation sites (N-methyl/N-ethyl adjacent to an activating group) is 1. The number of nitrogens with zero attached hydrogens (tertiary/aromatic N) is 1. The van der Waals surface area contributed by atoms with Gasteiger partial charge in [0.2, 0.25) is 0 Å². The van der Waals surface area contributed by atoms with Crippen molar-refractivity contribution in [2.75, 3.05) is 13.6 Å². The third-order valence-corrected chi connectivity index (χ3v) is 3.67. The number of carbonyl (C=O) groups excluding carboxylic acids is 1. The van der Waals surface area contributed by atoms with Crippen LogP contribution >= 0.6 is 0 Å². The van der Waals surface area contributed by atoms with Gasteiger partial charge in [0, 0.05) is 19.2 Å². The molecule has 2 rings (SSSR count). The maximum Gasteiger partial charge on any atom is 0.253 e. The van der Waals surface area contributed by atoms with Gasteiger partial charge in [-0.1, -0.05) is 50.3 Å². The number of aliphatic hydroxyl groups excluding tert-OH is 1. The summed E-state index contributed by atoms with van der Waals surface area (Å²) >= 11 is 0. The highest BCUT2D eigenvalue weighted by molar-refractivity contribution is 5.94. The fraction of sp³-hybridized carbons (Fsp3) is 0.350. The van der Waals surface area contributed by atoms with Crippen molar-refractivity contribution >= 4 is 5.91 Å². The fourth-order valence-electron chi connectivity index (χ4n) is 2.29. The molecule has 0 saturated carbocycles. The molecule has 0 aliphatic heterocycles. The molecule has 1 aliphatic rings. The fourth-order valence-corrected chi connectivity index (χ4v) is 2.29. The van der Waals surface area contributed by atoms with Crippen LogP contribution in [0, 0.1) is 0 Å². The first kappa shape index (κ1) is 18.9. The highest BCUT2D eigenvalue weighted by Crippen LogP contribution is 2.16. The molecule has 23 heavy (non-hydrogen) atoms. The normalized spacial score (nSPS) is 13.3. The summed E-state index contributed by atoms with van der Waals surface area (Å²) in [4.78, 5) is 14.2. The minimum Gasteiger partial charge on any atom is -0.392 e. The minimum atomic E-state index is -0.00490. The maximum atomic E-state index is 12.4. The average molecular weight is 313 g/mol. The number of amides is 1. The third kappa shape index (κ3) is 5.53. The van der Waals surface area contributed by atoms with Crippen LogP contribution in [0.5, 0.6) is 0 Å². The third-order valence-electron chi connectivity index (χ3n) is 3.67. The van der Waals surface area contributed by atoms with Crippen LogP contribution in [-0.4, -0.2) is 29.5 Å². The summed E-state index contributed by atoms with van der Waals surface area (Å²) in [6, 6.07) is 7.09. The lowest BCUT2D eigenvalue weighted by Gasteiger charge is -2.20. The van der Waals surface area contributed by atoms with Crippen LogP contribution in [0.2, 0.25) is 0 Å². The highest BCUT2D eigenvalue weighted by atomic mass is 16.3. The zero-order chi connectivity index (χ0) is 17.2. The van der Waals surface area contributed by atoms with Gasteiger partial charge in [0.25, 0.3) is 5.91 Å². The van der Waals surface area contributed by atoms with E-state index in [1.165, 1.54) is 11.1 Å². The number of rotatable bonds is 4. The minimum absolute atomic E-state index is 0.00278. The first-order chi connectivity index (χ1) is 11.1. The van der Waals surface area contributed by atoms with Crippen LogP contribution in [-0.2, 0) is 6.61 Å². The molecular weight excluding hydrogens is 286 g/mol. The number of hydrogen-bond acceptors (Lipinski definition) is 2. The molecule has 0 saturated heterocycles.